The molecular weight excluding hydrogens is 324 g/mol. The Morgan fingerprint density at radius 1 is 1.20 bits per heavy atom. The summed E-state index contributed by atoms with van der Waals surface area (Å²) in [4.78, 5) is 48.9. The second-order valence-electron chi connectivity index (χ2n) is 6.38. The second kappa shape index (κ2) is 7.92. The molecule has 7 heteroatoms. The highest BCUT2D eigenvalue weighted by Gasteiger charge is 2.32. The second-order valence-corrected chi connectivity index (χ2v) is 6.38. The lowest BCUT2D eigenvalue weighted by molar-refractivity contribution is -0.151. The SMILES string of the molecule is CC(C)[C@@H](C)NC(=O)COC(=O)CN1C(=O)Cc2ccccc2C1=O. The molecule has 0 radical (unpaired) electrons. The zero-order chi connectivity index (χ0) is 18.6. The van der Waals surface area contributed by atoms with Gasteiger partial charge in [0.25, 0.3) is 11.8 Å². The molecule has 134 valence electrons. The highest BCUT2D eigenvalue weighted by atomic mass is 16.5. The fourth-order valence-electron chi connectivity index (χ4n) is 2.34. The first-order valence-corrected chi connectivity index (χ1v) is 8.17. The van der Waals surface area contributed by atoms with Gasteiger partial charge in [0.2, 0.25) is 5.91 Å². The van der Waals surface area contributed by atoms with E-state index in [1.54, 1.807) is 24.3 Å². The molecule has 25 heavy (non-hydrogen) atoms. The summed E-state index contributed by atoms with van der Waals surface area (Å²) in [6.07, 6.45) is 0.0571. The third kappa shape index (κ3) is 4.65. The van der Waals surface area contributed by atoms with Gasteiger partial charge in [-0.2, -0.15) is 0 Å². The maximum atomic E-state index is 12.3. The Hall–Kier alpha value is -2.70. The number of fused-ring (bicyclic) bond motifs is 1. The minimum absolute atomic E-state index is 0.0482. The van der Waals surface area contributed by atoms with E-state index in [-0.39, 0.29) is 18.4 Å². The standard InChI is InChI=1S/C18H22N2O5/c1-11(2)12(3)19-15(21)10-25-17(23)9-20-16(22)8-13-6-4-5-7-14(13)18(20)24/h4-7,11-12H,8-10H2,1-3H3,(H,19,21)/t12-/m1/s1. The van der Waals surface area contributed by atoms with Gasteiger partial charge in [-0.25, -0.2) is 0 Å². The van der Waals surface area contributed by atoms with Gasteiger partial charge in [0.15, 0.2) is 6.61 Å². The minimum Gasteiger partial charge on any atom is -0.454 e. The summed E-state index contributed by atoms with van der Waals surface area (Å²) in [5.74, 6) is -1.95. The van der Waals surface area contributed by atoms with Gasteiger partial charge in [0.05, 0.1) is 6.42 Å². The minimum atomic E-state index is -0.798. The molecule has 0 saturated carbocycles. The maximum absolute atomic E-state index is 12.3. The molecule has 1 heterocycles. The maximum Gasteiger partial charge on any atom is 0.326 e. The Balaban J connectivity index is 1.89. The summed E-state index contributed by atoms with van der Waals surface area (Å²) < 4.78 is 4.87. The fourth-order valence-corrected chi connectivity index (χ4v) is 2.34. The van der Waals surface area contributed by atoms with E-state index in [2.05, 4.69) is 5.32 Å². The number of amides is 3. The van der Waals surface area contributed by atoms with Crippen molar-refractivity contribution in [3.05, 3.63) is 35.4 Å². The lowest BCUT2D eigenvalue weighted by Gasteiger charge is -2.25. The molecule has 0 bridgehead atoms. The summed E-state index contributed by atoms with van der Waals surface area (Å²) in [7, 11) is 0. The third-order valence-corrected chi connectivity index (χ3v) is 4.18. The average molecular weight is 346 g/mol. The van der Waals surface area contributed by atoms with Crippen LogP contribution in [0.15, 0.2) is 24.3 Å². The topological polar surface area (TPSA) is 92.8 Å². The van der Waals surface area contributed by atoms with E-state index in [0.717, 1.165) is 4.90 Å². The monoisotopic (exact) mass is 346 g/mol. The molecule has 0 aromatic heterocycles. The summed E-state index contributed by atoms with van der Waals surface area (Å²) in [6.45, 7) is 4.83. The molecule has 7 nitrogen and oxygen atoms in total. The number of nitrogens with zero attached hydrogens (tertiary/aromatic N) is 1. The normalized spacial score (nSPS) is 15.0. The largest absolute Gasteiger partial charge is 0.454 e. The first-order chi connectivity index (χ1) is 11.8. The van der Waals surface area contributed by atoms with Crippen molar-refractivity contribution >= 4 is 23.7 Å². The lowest BCUT2D eigenvalue weighted by atomic mass is 9.98. The van der Waals surface area contributed by atoms with Crippen molar-refractivity contribution in [2.24, 2.45) is 5.92 Å². The molecule has 3 amide bonds. The molecule has 0 saturated heterocycles. The summed E-state index contributed by atoms with van der Waals surface area (Å²) in [6, 6.07) is 6.72. The van der Waals surface area contributed by atoms with Crippen molar-refractivity contribution in [3.8, 4) is 0 Å². The van der Waals surface area contributed by atoms with Gasteiger partial charge in [0, 0.05) is 11.6 Å². The molecule has 0 spiro atoms. The van der Waals surface area contributed by atoms with E-state index in [0.29, 0.717) is 11.1 Å². The van der Waals surface area contributed by atoms with Crippen LogP contribution in [0.5, 0.6) is 0 Å². The van der Waals surface area contributed by atoms with E-state index < -0.39 is 36.8 Å². The lowest BCUT2D eigenvalue weighted by Crippen LogP contribution is -2.46. The van der Waals surface area contributed by atoms with Crippen molar-refractivity contribution in [3.63, 3.8) is 0 Å². The van der Waals surface area contributed by atoms with Crippen molar-refractivity contribution in [1.29, 1.82) is 0 Å². The first kappa shape index (κ1) is 18.6. The Morgan fingerprint density at radius 3 is 2.56 bits per heavy atom. The highest BCUT2D eigenvalue weighted by molar-refractivity contribution is 6.11. The Labute approximate surface area is 146 Å². The predicted octanol–water partition coefficient (Wildman–Crippen LogP) is 0.915. The molecular formula is C18H22N2O5. The smallest absolute Gasteiger partial charge is 0.326 e. The van der Waals surface area contributed by atoms with Gasteiger partial charge < -0.3 is 10.1 Å². The number of ether oxygens (including phenoxy) is 1. The summed E-state index contributed by atoms with van der Waals surface area (Å²) >= 11 is 0. The van der Waals surface area contributed by atoms with Gasteiger partial charge in [-0.15, -0.1) is 0 Å². The average Bonchev–Trinajstić information content (AvgIpc) is 2.56. The number of benzene rings is 1. The van der Waals surface area contributed by atoms with Gasteiger partial charge in [-0.3, -0.25) is 24.1 Å². The van der Waals surface area contributed by atoms with Crippen LogP contribution in [0.3, 0.4) is 0 Å². The number of hydrogen-bond donors (Lipinski definition) is 1. The van der Waals surface area contributed by atoms with Gasteiger partial charge in [-0.05, 0) is 24.5 Å². The fraction of sp³-hybridized carbons (Fsp3) is 0.444. The van der Waals surface area contributed by atoms with E-state index >= 15 is 0 Å². The Bertz CT molecular complexity index is 698. The van der Waals surface area contributed by atoms with Crippen LogP contribution in [0.25, 0.3) is 0 Å². The number of esters is 1. The number of rotatable bonds is 6. The van der Waals surface area contributed by atoms with Crippen LogP contribution < -0.4 is 5.32 Å². The number of carbonyl (C=O) groups is 4. The van der Waals surface area contributed by atoms with Crippen LogP contribution >= 0.6 is 0 Å². The van der Waals surface area contributed by atoms with E-state index in [1.165, 1.54) is 0 Å². The first-order valence-electron chi connectivity index (χ1n) is 8.17. The number of hydrogen-bond acceptors (Lipinski definition) is 5. The van der Waals surface area contributed by atoms with E-state index in [1.807, 2.05) is 20.8 Å². The quantitative estimate of drug-likeness (QED) is 0.611. The number of imide groups is 1. The number of nitrogens with one attached hydrogen (secondary N) is 1. The van der Waals surface area contributed by atoms with Crippen LogP contribution in [0.4, 0.5) is 0 Å². The molecule has 0 aliphatic carbocycles. The number of carbonyl (C=O) groups excluding carboxylic acids is 4. The van der Waals surface area contributed by atoms with Crippen molar-refractivity contribution in [2.75, 3.05) is 13.2 Å². The molecule has 1 aromatic carbocycles. The van der Waals surface area contributed by atoms with Crippen molar-refractivity contribution < 1.29 is 23.9 Å². The zero-order valence-corrected chi connectivity index (χ0v) is 14.6. The molecule has 1 aliphatic rings. The molecule has 1 atom stereocenters. The molecule has 1 N–H and O–H groups in total. The van der Waals surface area contributed by atoms with Crippen LogP contribution in [-0.4, -0.2) is 47.8 Å². The molecule has 1 aromatic rings. The Morgan fingerprint density at radius 2 is 1.88 bits per heavy atom. The van der Waals surface area contributed by atoms with Gasteiger partial charge in [-0.1, -0.05) is 32.0 Å². The van der Waals surface area contributed by atoms with Crippen LogP contribution in [-0.2, 0) is 25.5 Å². The predicted molar refractivity (Wildman–Crippen MR) is 89.6 cm³/mol. The summed E-state index contributed by atoms with van der Waals surface area (Å²) in [5, 5.41) is 2.71. The van der Waals surface area contributed by atoms with E-state index in [4.69, 9.17) is 4.74 Å². The van der Waals surface area contributed by atoms with E-state index in [9.17, 15) is 19.2 Å². The summed E-state index contributed by atoms with van der Waals surface area (Å²) in [5.41, 5.74) is 1.04. The van der Waals surface area contributed by atoms with Gasteiger partial charge >= 0.3 is 5.97 Å². The van der Waals surface area contributed by atoms with Crippen LogP contribution in [0, 0.1) is 5.92 Å². The third-order valence-electron chi connectivity index (χ3n) is 4.18. The van der Waals surface area contributed by atoms with Crippen LogP contribution in [0.1, 0.15) is 36.7 Å². The van der Waals surface area contributed by atoms with Crippen molar-refractivity contribution in [2.45, 2.75) is 33.2 Å². The highest BCUT2D eigenvalue weighted by Crippen LogP contribution is 2.19. The van der Waals surface area contributed by atoms with Crippen LogP contribution in [0.2, 0.25) is 0 Å². The molecule has 0 unspecified atom stereocenters. The van der Waals surface area contributed by atoms with Crippen molar-refractivity contribution in [1.82, 2.24) is 10.2 Å². The molecule has 0 fully saturated rings. The zero-order valence-electron chi connectivity index (χ0n) is 14.6. The van der Waals surface area contributed by atoms with Gasteiger partial charge in [0.1, 0.15) is 6.54 Å². The molecule has 1 aliphatic heterocycles. The Kier molecular flexibility index (Phi) is 5.90. The molecule has 2 rings (SSSR count).